The molecule has 0 N–H and O–H groups in total. The van der Waals surface area contributed by atoms with E-state index >= 15 is 0 Å². The molecule has 0 saturated carbocycles. The molecule has 0 aliphatic carbocycles. The summed E-state index contributed by atoms with van der Waals surface area (Å²) >= 11 is 11.9. The molecule has 0 amide bonds. The normalized spacial score (nSPS) is 11.2. The maximum atomic E-state index is 13.9. The molecule has 0 spiro atoms. The van der Waals surface area contributed by atoms with Crippen molar-refractivity contribution in [3.05, 3.63) is 82.6 Å². The first-order valence-corrected chi connectivity index (χ1v) is 8.37. The minimum Gasteiger partial charge on any atom is -0.327 e. The van der Waals surface area contributed by atoms with Crippen molar-refractivity contribution in [2.75, 3.05) is 0 Å². The Morgan fingerprint density at radius 1 is 1.08 bits per heavy atom. The number of fused-ring (bicyclic) bond motifs is 1. The van der Waals surface area contributed by atoms with Crippen LogP contribution in [-0.2, 0) is 6.54 Å². The number of rotatable bonds is 3. The standard InChI is InChI=1S/C19H12Cl2FN3/c20-16-5-3-13(8-17(16)22)15-11-25(10-12-2-1-7-23-9-12)19-14(15)4-6-18(21)24-19/h1-9,11H,10H2. The van der Waals surface area contributed by atoms with Crippen molar-refractivity contribution in [1.29, 1.82) is 0 Å². The van der Waals surface area contributed by atoms with Crippen molar-refractivity contribution in [3.63, 3.8) is 0 Å². The second-order valence-electron chi connectivity index (χ2n) is 5.67. The molecule has 0 unspecified atom stereocenters. The van der Waals surface area contributed by atoms with Gasteiger partial charge in [-0.1, -0.05) is 35.3 Å². The lowest BCUT2D eigenvalue weighted by molar-refractivity contribution is 0.629. The first-order chi connectivity index (χ1) is 12.1. The van der Waals surface area contributed by atoms with Crippen LogP contribution in [0.2, 0.25) is 10.2 Å². The Kier molecular flexibility index (Phi) is 4.15. The van der Waals surface area contributed by atoms with Crippen LogP contribution >= 0.6 is 23.2 Å². The third-order valence-electron chi connectivity index (χ3n) is 3.99. The first kappa shape index (κ1) is 16.1. The Morgan fingerprint density at radius 3 is 2.72 bits per heavy atom. The number of hydrogen-bond acceptors (Lipinski definition) is 2. The van der Waals surface area contributed by atoms with Crippen LogP contribution in [0.3, 0.4) is 0 Å². The summed E-state index contributed by atoms with van der Waals surface area (Å²) in [7, 11) is 0. The molecule has 4 aromatic rings. The summed E-state index contributed by atoms with van der Waals surface area (Å²) in [4.78, 5) is 8.59. The van der Waals surface area contributed by atoms with Crippen LogP contribution in [0.25, 0.3) is 22.2 Å². The number of benzene rings is 1. The average Bonchev–Trinajstić information content (AvgIpc) is 2.96. The van der Waals surface area contributed by atoms with E-state index in [4.69, 9.17) is 23.2 Å². The van der Waals surface area contributed by atoms with Crippen molar-refractivity contribution in [1.82, 2.24) is 14.5 Å². The lowest BCUT2D eigenvalue weighted by Gasteiger charge is -2.04. The van der Waals surface area contributed by atoms with Crippen LogP contribution in [-0.4, -0.2) is 14.5 Å². The molecule has 25 heavy (non-hydrogen) atoms. The van der Waals surface area contributed by atoms with Crippen molar-refractivity contribution in [2.45, 2.75) is 6.54 Å². The molecule has 0 fully saturated rings. The second kappa shape index (κ2) is 6.47. The fourth-order valence-electron chi connectivity index (χ4n) is 2.84. The van der Waals surface area contributed by atoms with Crippen molar-refractivity contribution < 1.29 is 4.39 Å². The van der Waals surface area contributed by atoms with Crippen molar-refractivity contribution >= 4 is 34.2 Å². The second-order valence-corrected chi connectivity index (χ2v) is 6.46. The summed E-state index contributed by atoms with van der Waals surface area (Å²) in [5.41, 5.74) is 3.39. The Morgan fingerprint density at radius 2 is 1.96 bits per heavy atom. The van der Waals surface area contributed by atoms with Gasteiger partial charge in [-0.25, -0.2) is 9.37 Å². The van der Waals surface area contributed by atoms with Gasteiger partial charge in [0.1, 0.15) is 16.6 Å². The number of aromatic nitrogens is 3. The van der Waals surface area contributed by atoms with E-state index in [2.05, 4.69) is 9.97 Å². The molecule has 3 aromatic heterocycles. The highest BCUT2D eigenvalue weighted by molar-refractivity contribution is 6.31. The first-order valence-electron chi connectivity index (χ1n) is 7.61. The minimum absolute atomic E-state index is 0.101. The molecule has 0 saturated heterocycles. The van der Waals surface area contributed by atoms with Gasteiger partial charge in [0.2, 0.25) is 0 Å². The predicted molar refractivity (Wildman–Crippen MR) is 98.5 cm³/mol. The number of halogens is 3. The predicted octanol–water partition coefficient (Wildman–Crippen LogP) is 5.59. The lowest BCUT2D eigenvalue weighted by atomic mass is 10.1. The summed E-state index contributed by atoms with van der Waals surface area (Å²) in [6.07, 6.45) is 5.48. The zero-order valence-electron chi connectivity index (χ0n) is 13.0. The topological polar surface area (TPSA) is 30.7 Å². The van der Waals surface area contributed by atoms with E-state index in [9.17, 15) is 4.39 Å². The Hall–Kier alpha value is -2.43. The van der Waals surface area contributed by atoms with Crippen molar-refractivity contribution in [2.24, 2.45) is 0 Å². The average molecular weight is 372 g/mol. The Balaban J connectivity index is 1.89. The van der Waals surface area contributed by atoms with Gasteiger partial charge in [0.25, 0.3) is 0 Å². The monoisotopic (exact) mass is 371 g/mol. The third kappa shape index (κ3) is 3.11. The number of pyridine rings is 2. The fourth-order valence-corrected chi connectivity index (χ4v) is 3.10. The minimum atomic E-state index is -0.450. The SMILES string of the molecule is Fc1cc(-c2cn(Cc3cccnc3)c3nc(Cl)ccc23)ccc1Cl. The molecule has 6 heteroatoms. The summed E-state index contributed by atoms with van der Waals surface area (Å²) in [6.45, 7) is 0.591. The molecule has 0 atom stereocenters. The van der Waals surface area contributed by atoms with Crippen LogP contribution in [0.4, 0.5) is 4.39 Å². The van der Waals surface area contributed by atoms with E-state index in [1.165, 1.54) is 6.07 Å². The molecule has 1 aromatic carbocycles. The molecule has 0 aliphatic heterocycles. The summed E-state index contributed by atoms with van der Waals surface area (Å²) in [6, 6.07) is 12.3. The van der Waals surface area contributed by atoms with E-state index < -0.39 is 5.82 Å². The molecule has 0 radical (unpaired) electrons. The van der Waals surface area contributed by atoms with E-state index in [1.807, 2.05) is 29.0 Å². The van der Waals surface area contributed by atoms with Gasteiger partial charge in [-0.15, -0.1) is 0 Å². The largest absolute Gasteiger partial charge is 0.327 e. The maximum absolute atomic E-state index is 13.9. The summed E-state index contributed by atoms with van der Waals surface area (Å²) in [5, 5.41) is 1.41. The third-order valence-corrected chi connectivity index (χ3v) is 4.51. The van der Waals surface area contributed by atoms with E-state index in [-0.39, 0.29) is 5.02 Å². The van der Waals surface area contributed by atoms with Gasteiger partial charge in [0, 0.05) is 29.5 Å². The van der Waals surface area contributed by atoms with Crippen molar-refractivity contribution in [3.8, 4) is 11.1 Å². The molecule has 3 nitrogen and oxygen atoms in total. The van der Waals surface area contributed by atoms with Gasteiger partial charge in [0.05, 0.1) is 11.6 Å². The highest BCUT2D eigenvalue weighted by Crippen LogP contribution is 2.32. The van der Waals surface area contributed by atoms with E-state index in [0.29, 0.717) is 11.7 Å². The van der Waals surface area contributed by atoms with E-state index in [0.717, 1.165) is 27.7 Å². The summed E-state index contributed by atoms with van der Waals surface area (Å²) < 4.78 is 15.9. The van der Waals surface area contributed by atoms with Gasteiger partial charge >= 0.3 is 0 Å². The zero-order valence-corrected chi connectivity index (χ0v) is 14.5. The van der Waals surface area contributed by atoms with Gasteiger partial charge < -0.3 is 4.57 Å². The summed E-state index contributed by atoms with van der Waals surface area (Å²) in [5.74, 6) is -0.450. The van der Waals surface area contributed by atoms with Crippen LogP contribution < -0.4 is 0 Å². The Bertz CT molecular complexity index is 1060. The fraction of sp³-hybridized carbons (Fsp3) is 0.0526. The maximum Gasteiger partial charge on any atom is 0.142 e. The molecule has 4 rings (SSSR count). The lowest BCUT2D eigenvalue weighted by Crippen LogP contribution is -1.99. The van der Waals surface area contributed by atoms with Gasteiger partial charge in [0.15, 0.2) is 0 Å². The van der Waals surface area contributed by atoms with Crippen LogP contribution in [0.1, 0.15) is 5.56 Å². The van der Waals surface area contributed by atoms with Crippen LogP contribution in [0, 0.1) is 5.82 Å². The van der Waals surface area contributed by atoms with Gasteiger partial charge in [-0.3, -0.25) is 4.98 Å². The van der Waals surface area contributed by atoms with Crippen LogP contribution in [0.5, 0.6) is 0 Å². The molecular formula is C19H12Cl2FN3. The molecule has 0 bridgehead atoms. The zero-order chi connectivity index (χ0) is 17.4. The Labute approximate surface area is 153 Å². The van der Waals surface area contributed by atoms with Gasteiger partial charge in [-0.05, 0) is 41.5 Å². The highest BCUT2D eigenvalue weighted by Gasteiger charge is 2.14. The molecular weight excluding hydrogens is 360 g/mol. The molecule has 3 heterocycles. The molecule has 0 aliphatic rings. The van der Waals surface area contributed by atoms with Gasteiger partial charge in [-0.2, -0.15) is 0 Å². The number of nitrogens with zero attached hydrogens (tertiary/aromatic N) is 3. The van der Waals surface area contributed by atoms with Crippen LogP contribution in [0.15, 0.2) is 61.1 Å². The number of hydrogen-bond donors (Lipinski definition) is 0. The highest BCUT2D eigenvalue weighted by atomic mass is 35.5. The van der Waals surface area contributed by atoms with E-state index in [1.54, 1.807) is 30.6 Å². The molecule has 124 valence electrons. The quantitative estimate of drug-likeness (QED) is 0.439. The smallest absolute Gasteiger partial charge is 0.142 e.